The number of nitrogens with one attached hydrogen (secondary N) is 1. The van der Waals surface area contributed by atoms with E-state index in [9.17, 15) is 17.6 Å². The Balaban J connectivity index is 1.76. The number of hydrogen-bond acceptors (Lipinski definition) is 3. The molecule has 0 saturated carbocycles. The highest BCUT2D eigenvalue weighted by Gasteiger charge is 2.30. The Morgan fingerprint density at radius 2 is 1.89 bits per heavy atom. The fourth-order valence-electron chi connectivity index (χ4n) is 3.12. The highest BCUT2D eigenvalue weighted by Crippen LogP contribution is 2.25. The molecule has 2 aromatic rings. The topological polar surface area (TPSA) is 66.5 Å². The van der Waals surface area contributed by atoms with Crippen LogP contribution in [0.2, 0.25) is 5.02 Å². The third-order valence-electron chi connectivity index (χ3n) is 4.64. The van der Waals surface area contributed by atoms with Gasteiger partial charge in [0.2, 0.25) is 10.0 Å². The van der Waals surface area contributed by atoms with Crippen molar-refractivity contribution in [3.63, 3.8) is 0 Å². The van der Waals surface area contributed by atoms with Gasteiger partial charge in [0.05, 0.1) is 9.92 Å². The van der Waals surface area contributed by atoms with Crippen LogP contribution in [0.1, 0.15) is 36.5 Å². The minimum Gasteiger partial charge on any atom is -0.322 e. The van der Waals surface area contributed by atoms with Crippen LogP contribution >= 0.6 is 11.6 Å². The number of anilines is 1. The summed E-state index contributed by atoms with van der Waals surface area (Å²) in [5, 5.41) is 2.52. The second-order valence-corrected chi connectivity index (χ2v) is 8.87. The van der Waals surface area contributed by atoms with Crippen molar-refractivity contribution >= 4 is 33.2 Å². The Kier molecular flexibility index (Phi) is 5.83. The van der Waals surface area contributed by atoms with Crippen LogP contribution in [0.5, 0.6) is 0 Å². The number of rotatable bonds is 4. The van der Waals surface area contributed by atoms with E-state index in [1.807, 2.05) is 6.92 Å². The van der Waals surface area contributed by atoms with Gasteiger partial charge in [-0.05, 0) is 62.2 Å². The van der Waals surface area contributed by atoms with Crippen molar-refractivity contribution in [3.05, 3.63) is 58.9 Å². The Morgan fingerprint density at radius 1 is 1.19 bits per heavy atom. The first-order valence-corrected chi connectivity index (χ1v) is 10.5. The molecule has 1 atom stereocenters. The molecule has 1 N–H and O–H groups in total. The maximum atomic E-state index is 13.5. The summed E-state index contributed by atoms with van der Waals surface area (Å²) in [5.41, 5.74) is 0.539. The molecule has 1 aliphatic rings. The van der Waals surface area contributed by atoms with Crippen molar-refractivity contribution in [2.75, 3.05) is 11.9 Å². The maximum Gasteiger partial charge on any atom is 0.255 e. The number of hydrogen-bond donors (Lipinski definition) is 1. The van der Waals surface area contributed by atoms with E-state index in [4.69, 9.17) is 11.6 Å². The number of halogens is 2. The largest absolute Gasteiger partial charge is 0.322 e. The Hall–Kier alpha value is -1.96. The molecule has 8 heteroatoms. The van der Waals surface area contributed by atoms with Crippen LogP contribution in [0.15, 0.2) is 47.4 Å². The van der Waals surface area contributed by atoms with Crippen LogP contribution in [-0.4, -0.2) is 31.2 Å². The van der Waals surface area contributed by atoms with Gasteiger partial charge in [-0.1, -0.05) is 18.0 Å². The first-order valence-electron chi connectivity index (χ1n) is 8.67. The molecule has 0 aromatic heterocycles. The summed E-state index contributed by atoms with van der Waals surface area (Å²) in [6.45, 7) is 2.41. The number of amides is 1. The number of sulfonamides is 1. The molecular formula is C19H20ClFN2O3S. The van der Waals surface area contributed by atoms with Crippen molar-refractivity contribution in [2.24, 2.45) is 0 Å². The molecule has 1 aliphatic heterocycles. The van der Waals surface area contributed by atoms with E-state index in [1.165, 1.54) is 40.7 Å². The van der Waals surface area contributed by atoms with Gasteiger partial charge in [0.1, 0.15) is 5.82 Å². The lowest BCUT2D eigenvalue weighted by Gasteiger charge is -2.32. The van der Waals surface area contributed by atoms with Crippen molar-refractivity contribution in [2.45, 2.75) is 37.1 Å². The van der Waals surface area contributed by atoms with Gasteiger partial charge in [-0.25, -0.2) is 12.8 Å². The number of benzene rings is 2. The summed E-state index contributed by atoms with van der Waals surface area (Å²) in [5.74, 6) is -1.10. The van der Waals surface area contributed by atoms with Crippen molar-refractivity contribution in [3.8, 4) is 0 Å². The average molecular weight is 411 g/mol. The third-order valence-corrected chi connectivity index (χ3v) is 6.98. The zero-order valence-corrected chi connectivity index (χ0v) is 16.4. The van der Waals surface area contributed by atoms with Crippen LogP contribution < -0.4 is 5.32 Å². The van der Waals surface area contributed by atoms with Crippen molar-refractivity contribution in [1.29, 1.82) is 0 Å². The summed E-state index contributed by atoms with van der Waals surface area (Å²) in [4.78, 5) is 12.5. The summed E-state index contributed by atoms with van der Waals surface area (Å²) >= 11 is 5.62. The standard InChI is InChI=1S/C19H20ClFN2O3S/c1-13-4-2-3-11-23(13)27(25,26)16-8-5-14(6-9-16)19(24)22-15-7-10-17(20)18(21)12-15/h5-10,12-13H,2-4,11H2,1H3,(H,22,24). The van der Waals surface area contributed by atoms with Crippen LogP contribution in [0.4, 0.5) is 10.1 Å². The Bertz CT molecular complexity index is 948. The fraction of sp³-hybridized carbons (Fsp3) is 0.316. The summed E-state index contributed by atoms with van der Waals surface area (Å²) < 4.78 is 40.6. The minimum atomic E-state index is -3.59. The van der Waals surface area contributed by atoms with Gasteiger partial charge < -0.3 is 5.32 Å². The number of carbonyl (C=O) groups excluding carboxylic acids is 1. The highest BCUT2D eigenvalue weighted by atomic mass is 35.5. The maximum absolute atomic E-state index is 13.5. The Morgan fingerprint density at radius 3 is 2.52 bits per heavy atom. The van der Waals surface area contributed by atoms with Gasteiger partial charge in [-0.3, -0.25) is 4.79 Å². The van der Waals surface area contributed by atoms with E-state index in [-0.39, 0.29) is 27.2 Å². The molecule has 3 rings (SSSR count). The molecule has 0 radical (unpaired) electrons. The van der Waals surface area contributed by atoms with Gasteiger partial charge in [0.25, 0.3) is 5.91 Å². The second kappa shape index (κ2) is 7.96. The first kappa shape index (κ1) is 19.8. The van der Waals surface area contributed by atoms with E-state index >= 15 is 0 Å². The van der Waals surface area contributed by atoms with Gasteiger partial charge >= 0.3 is 0 Å². The molecule has 1 saturated heterocycles. The van der Waals surface area contributed by atoms with Crippen LogP contribution in [0, 0.1) is 5.82 Å². The molecule has 1 fully saturated rings. The van der Waals surface area contributed by atoms with Crippen molar-refractivity contribution in [1.82, 2.24) is 4.31 Å². The molecule has 144 valence electrons. The molecule has 5 nitrogen and oxygen atoms in total. The predicted octanol–water partition coefficient (Wildman–Crippen LogP) is 4.29. The van der Waals surface area contributed by atoms with Gasteiger partial charge in [-0.15, -0.1) is 0 Å². The van der Waals surface area contributed by atoms with Crippen LogP contribution in [0.3, 0.4) is 0 Å². The lowest BCUT2D eigenvalue weighted by molar-refractivity contribution is 0.102. The first-order chi connectivity index (χ1) is 12.8. The van der Waals surface area contributed by atoms with E-state index in [1.54, 1.807) is 0 Å². The average Bonchev–Trinajstić information content (AvgIpc) is 2.65. The van der Waals surface area contributed by atoms with E-state index < -0.39 is 21.7 Å². The second-order valence-electron chi connectivity index (χ2n) is 6.57. The molecule has 0 aliphatic carbocycles. The zero-order valence-electron chi connectivity index (χ0n) is 14.8. The van der Waals surface area contributed by atoms with E-state index in [0.717, 1.165) is 25.3 Å². The van der Waals surface area contributed by atoms with E-state index in [2.05, 4.69) is 5.32 Å². The highest BCUT2D eigenvalue weighted by molar-refractivity contribution is 7.89. The van der Waals surface area contributed by atoms with Crippen molar-refractivity contribution < 1.29 is 17.6 Å². The molecule has 2 aromatic carbocycles. The summed E-state index contributed by atoms with van der Waals surface area (Å²) in [6.07, 6.45) is 2.72. The number of carbonyl (C=O) groups is 1. The van der Waals surface area contributed by atoms with Gasteiger partial charge in [-0.2, -0.15) is 4.31 Å². The fourth-order valence-corrected chi connectivity index (χ4v) is 4.94. The monoisotopic (exact) mass is 410 g/mol. The van der Waals surface area contributed by atoms with Gasteiger partial charge in [0, 0.05) is 23.8 Å². The zero-order chi connectivity index (χ0) is 19.6. The SMILES string of the molecule is CC1CCCCN1S(=O)(=O)c1ccc(C(=O)Nc2ccc(Cl)c(F)c2)cc1. The smallest absolute Gasteiger partial charge is 0.255 e. The Labute approximate surface area is 163 Å². The molecule has 0 bridgehead atoms. The van der Waals surface area contributed by atoms with Crippen LogP contribution in [-0.2, 0) is 10.0 Å². The summed E-state index contributed by atoms with van der Waals surface area (Å²) in [6, 6.07) is 9.67. The lowest BCUT2D eigenvalue weighted by atomic mass is 10.1. The molecule has 1 unspecified atom stereocenters. The molecule has 1 heterocycles. The molecule has 27 heavy (non-hydrogen) atoms. The molecule has 0 spiro atoms. The third kappa shape index (κ3) is 4.31. The number of nitrogens with zero attached hydrogens (tertiary/aromatic N) is 1. The number of piperidine rings is 1. The molecular weight excluding hydrogens is 391 g/mol. The van der Waals surface area contributed by atoms with Crippen LogP contribution in [0.25, 0.3) is 0 Å². The minimum absolute atomic E-state index is 0.0329. The normalized spacial score (nSPS) is 18.3. The quantitative estimate of drug-likeness (QED) is 0.817. The lowest BCUT2D eigenvalue weighted by Crippen LogP contribution is -2.41. The summed E-state index contributed by atoms with van der Waals surface area (Å²) in [7, 11) is -3.59. The molecule has 1 amide bonds. The predicted molar refractivity (Wildman–Crippen MR) is 103 cm³/mol. The van der Waals surface area contributed by atoms with Gasteiger partial charge in [0.15, 0.2) is 0 Å². The van der Waals surface area contributed by atoms with E-state index in [0.29, 0.717) is 6.54 Å².